The molecule has 1 aromatic rings. The highest BCUT2D eigenvalue weighted by Crippen LogP contribution is 2.56. The van der Waals surface area contributed by atoms with Crippen molar-refractivity contribution in [1.82, 2.24) is 30.0 Å². The van der Waals surface area contributed by atoms with E-state index in [1.54, 1.807) is 11.2 Å². The molecule has 2 aliphatic heterocycles. The van der Waals surface area contributed by atoms with Crippen LogP contribution in [0.2, 0.25) is 0 Å². The van der Waals surface area contributed by atoms with Gasteiger partial charge in [0.2, 0.25) is 0 Å². The smallest absolute Gasteiger partial charge is 0.407 e. The monoisotopic (exact) mass is 334 g/mol. The van der Waals surface area contributed by atoms with Gasteiger partial charge in [-0.2, -0.15) is 0 Å². The number of likely N-dealkylation sites (tertiary alicyclic amines) is 2. The summed E-state index contributed by atoms with van der Waals surface area (Å²) in [5.41, 5.74) is 0.241. The Morgan fingerprint density at radius 1 is 1.33 bits per heavy atom. The molecule has 0 bridgehead atoms. The summed E-state index contributed by atoms with van der Waals surface area (Å²) in [6.45, 7) is 5.88. The van der Waals surface area contributed by atoms with Crippen LogP contribution in [0.25, 0.3) is 0 Å². The molecule has 1 aliphatic carbocycles. The number of rotatable bonds is 3. The van der Waals surface area contributed by atoms with E-state index in [-0.39, 0.29) is 5.41 Å². The van der Waals surface area contributed by atoms with Crippen LogP contribution >= 0.6 is 0 Å². The number of carboxylic acid groups (broad SMARTS) is 1. The molecule has 8 nitrogen and oxygen atoms in total. The fourth-order valence-electron chi connectivity index (χ4n) is 5.39. The molecule has 3 fully saturated rings. The van der Waals surface area contributed by atoms with Crippen molar-refractivity contribution in [3.63, 3.8) is 0 Å². The van der Waals surface area contributed by atoms with E-state index >= 15 is 0 Å². The fraction of sp³-hybridized carbons (Fsp3) is 0.875. The first-order valence-corrected chi connectivity index (χ1v) is 9.07. The molecule has 4 rings (SSSR count). The Morgan fingerprint density at radius 3 is 2.71 bits per heavy atom. The maximum atomic E-state index is 11.3. The predicted octanol–water partition coefficient (Wildman–Crippen LogP) is 1.48. The minimum atomic E-state index is -0.757. The Balaban J connectivity index is 1.36. The van der Waals surface area contributed by atoms with Gasteiger partial charge < -0.3 is 10.0 Å². The van der Waals surface area contributed by atoms with Crippen LogP contribution in [-0.2, 0) is 0 Å². The summed E-state index contributed by atoms with van der Waals surface area (Å²) < 4.78 is 1.89. The molecule has 0 aromatic carbocycles. The van der Waals surface area contributed by atoms with Crippen molar-refractivity contribution in [2.45, 2.75) is 51.1 Å². The Morgan fingerprint density at radius 2 is 2.12 bits per heavy atom. The zero-order valence-electron chi connectivity index (χ0n) is 14.2. The van der Waals surface area contributed by atoms with Gasteiger partial charge in [0.15, 0.2) is 0 Å². The largest absolute Gasteiger partial charge is 0.465 e. The number of aromatic nitrogens is 4. The summed E-state index contributed by atoms with van der Waals surface area (Å²) in [5.74, 6) is 0.631. The molecule has 1 aromatic heterocycles. The lowest BCUT2D eigenvalue weighted by Crippen LogP contribution is -2.61. The van der Waals surface area contributed by atoms with Crippen LogP contribution in [0.15, 0.2) is 6.33 Å². The Hall–Kier alpha value is -1.70. The van der Waals surface area contributed by atoms with Crippen LogP contribution in [0.3, 0.4) is 0 Å². The molecule has 1 N–H and O–H groups in total. The second-order valence-electron chi connectivity index (χ2n) is 7.66. The molecule has 3 unspecified atom stereocenters. The predicted molar refractivity (Wildman–Crippen MR) is 86.5 cm³/mol. The van der Waals surface area contributed by atoms with Gasteiger partial charge in [-0.1, -0.05) is 13.3 Å². The number of piperidine rings is 1. The third-order valence-corrected chi connectivity index (χ3v) is 6.67. The summed E-state index contributed by atoms with van der Waals surface area (Å²) >= 11 is 0. The highest BCUT2D eigenvalue weighted by atomic mass is 16.4. The van der Waals surface area contributed by atoms with Gasteiger partial charge >= 0.3 is 6.09 Å². The van der Waals surface area contributed by atoms with Crippen molar-refractivity contribution in [3.05, 3.63) is 6.33 Å². The molecule has 132 valence electrons. The minimum absolute atomic E-state index is 0.241. The van der Waals surface area contributed by atoms with E-state index in [1.165, 1.54) is 0 Å². The Bertz CT molecular complexity index is 585. The molecule has 24 heavy (non-hydrogen) atoms. The summed E-state index contributed by atoms with van der Waals surface area (Å²) in [5, 5.41) is 20.8. The van der Waals surface area contributed by atoms with Crippen molar-refractivity contribution >= 4 is 6.09 Å². The molecule has 1 spiro atoms. The highest BCUT2D eigenvalue weighted by molar-refractivity contribution is 5.65. The van der Waals surface area contributed by atoms with Crippen LogP contribution in [0.5, 0.6) is 0 Å². The fourth-order valence-corrected chi connectivity index (χ4v) is 5.39. The normalized spacial score (nSPS) is 34.6. The lowest BCUT2D eigenvalue weighted by molar-refractivity contribution is -0.0797. The second-order valence-corrected chi connectivity index (χ2v) is 7.66. The average molecular weight is 334 g/mol. The molecule has 1 saturated carbocycles. The van der Waals surface area contributed by atoms with Crippen LogP contribution in [0.4, 0.5) is 4.79 Å². The molecular formula is C16H26N6O2. The van der Waals surface area contributed by atoms with Gasteiger partial charge in [0.05, 0.1) is 6.04 Å². The van der Waals surface area contributed by atoms with Gasteiger partial charge in [-0.05, 0) is 47.4 Å². The standard InChI is InChI=1S/C16H26N6O2/c1-2-13-14(9-16(13)5-8-21(10-16)15(23)24)20-6-3-12(4-7-20)22-11-17-18-19-22/h11-14H,2-10H2,1H3,(H,23,24). The van der Waals surface area contributed by atoms with Gasteiger partial charge in [0, 0.05) is 32.2 Å². The van der Waals surface area contributed by atoms with Crippen molar-refractivity contribution < 1.29 is 9.90 Å². The van der Waals surface area contributed by atoms with Gasteiger partial charge in [-0.15, -0.1) is 5.10 Å². The van der Waals surface area contributed by atoms with E-state index in [0.29, 0.717) is 24.5 Å². The van der Waals surface area contributed by atoms with Crippen molar-refractivity contribution in [1.29, 1.82) is 0 Å². The maximum absolute atomic E-state index is 11.3. The van der Waals surface area contributed by atoms with Gasteiger partial charge in [-0.3, -0.25) is 4.90 Å². The van der Waals surface area contributed by atoms with Crippen LogP contribution < -0.4 is 0 Å². The number of nitrogens with zero attached hydrogens (tertiary/aromatic N) is 6. The zero-order valence-corrected chi connectivity index (χ0v) is 14.2. The molecule has 3 heterocycles. The van der Waals surface area contributed by atoms with E-state index in [0.717, 1.165) is 51.7 Å². The van der Waals surface area contributed by atoms with Gasteiger partial charge in [0.25, 0.3) is 0 Å². The van der Waals surface area contributed by atoms with E-state index < -0.39 is 6.09 Å². The molecule has 3 aliphatic rings. The van der Waals surface area contributed by atoms with E-state index in [1.807, 2.05) is 4.68 Å². The van der Waals surface area contributed by atoms with Gasteiger partial charge in [0.1, 0.15) is 6.33 Å². The molecule has 3 atom stereocenters. The quantitative estimate of drug-likeness (QED) is 0.901. The average Bonchev–Trinajstić information content (AvgIpc) is 3.24. The third kappa shape index (κ3) is 2.47. The topological polar surface area (TPSA) is 87.4 Å². The number of amides is 1. The van der Waals surface area contributed by atoms with E-state index in [4.69, 9.17) is 0 Å². The van der Waals surface area contributed by atoms with Crippen LogP contribution in [-0.4, -0.2) is 73.4 Å². The maximum Gasteiger partial charge on any atom is 0.407 e. The van der Waals surface area contributed by atoms with Crippen LogP contribution in [0.1, 0.15) is 45.1 Å². The molecule has 2 saturated heterocycles. The summed E-state index contributed by atoms with van der Waals surface area (Å²) in [4.78, 5) is 15.5. The van der Waals surface area contributed by atoms with Crippen molar-refractivity contribution in [3.8, 4) is 0 Å². The molecule has 0 radical (unpaired) electrons. The van der Waals surface area contributed by atoms with Crippen molar-refractivity contribution in [2.75, 3.05) is 26.2 Å². The molecule has 1 amide bonds. The van der Waals surface area contributed by atoms with Gasteiger partial charge in [-0.25, -0.2) is 9.48 Å². The van der Waals surface area contributed by atoms with E-state index in [2.05, 4.69) is 27.3 Å². The van der Waals surface area contributed by atoms with E-state index in [9.17, 15) is 9.90 Å². The summed E-state index contributed by atoms with van der Waals surface area (Å²) in [7, 11) is 0. The number of tetrazole rings is 1. The number of hydrogen-bond acceptors (Lipinski definition) is 5. The SMILES string of the molecule is CCC1C(N2CCC(n3cnnn3)CC2)CC12CCN(C(=O)O)C2. The Kier molecular flexibility index (Phi) is 3.94. The first-order chi connectivity index (χ1) is 11.6. The van der Waals surface area contributed by atoms with Crippen molar-refractivity contribution in [2.24, 2.45) is 11.3 Å². The zero-order chi connectivity index (χ0) is 16.7. The lowest BCUT2D eigenvalue weighted by Gasteiger charge is -2.58. The van der Waals surface area contributed by atoms with Crippen LogP contribution in [0, 0.1) is 11.3 Å². The first kappa shape index (κ1) is 15.8. The number of carbonyl (C=O) groups is 1. The summed E-state index contributed by atoms with van der Waals surface area (Å²) in [6.07, 6.45) is 6.48. The molecule has 8 heteroatoms. The Labute approximate surface area is 141 Å². The third-order valence-electron chi connectivity index (χ3n) is 6.67. The molecular weight excluding hydrogens is 308 g/mol. The first-order valence-electron chi connectivity index (χ1n) is 9.07. The summed E-state index contributed by atoms with van der Waals surface area (Å²) in [6, 6.07) is 1.04. The second kappa shape index (κ2) is 5.98. The highest BCUT2D eigenvalue weighted by Gasteiger charge is 2.57. The lowest BCUT2D eigenvalue weighted by atomic mass is 9.54. The number of hydrogen-bond donors (Lipinski definition) is 1. The minimum Gasteiger partial charge on any atom is -0.465 e.